The Bertz CT molecular complexity index is 187. The van der Waals surface area contributed by atoms with Gasteiger partial charge in [0.1, 0.15) is 0 Å². The van der Waals surface area contributed by atoms with Crippen LogP contribution in [0.3, 0.4) is 0 Å². The number of halogens is 1. The normalized spacial score (nSPS) is 10.2. The highest BCUT2D eigenvalue weighted by Gasteiger charge is 1.99. The summed E-state index contributed by atoms with van der Waals surface area (Å²) in [5.41, 5.74) is 0. The largest absolute Gasteiger partial charge is 0.481 e. The highest BCUT2D eigenvalue weighted by Crippen LogP contribution is 2.04. The molecular weight excluding hydrogens is 270 g/mol. The minimum absolute atomic E-state index is 0.325. The number of hydrogen-bond donors (Lipinski definition) is 1. The molecule has 0 aliphatic heterocycles. The number of nitrogens with zero attached hydrogens (tertiary/aromatic N) is 1. The van der Waals surface area contributed by atoms with E-state index < -0.39 is 5.97 Å². The van der Waals surface area contributed by atoms with E-state index in [2.05, 4.69) is 39.9 Å². The summed E-state index contributed by atoms with van der Waals surface area (Å²) in [6.07, 6.45) is 4.55. The summed E-state index contributed by atoms with van der Waals surface area (Å²) in [6.45, 7) is 10.2. The lowest BCUT2D eigenvalue weighted by molar-refractivity contribution is -0.335. The predicted molar refractivity (Wildman–Crippen MR) is 78.2 cm³/mol. The Morgan fingerprint density at radius 2 is 1.74 bits per heavy atom. The maximum atomic E-state index is 10.2. The summed E-state index contributed by atoms with van der Waals surface area (Å²) in [4.78, 5) is 15.9. The third-order valence-electron chi connectivity index (χ3n) is 2.69. The van der Waals surface area contributed by atoms with Crippen molar-refractivity contribution < 1.29 is 19.2 Å². The predicted octanol–water partition coefficient (Wildman–Crippen LogP) is 2.98. The molecule has 0 aliphatic carbocycles. The van der Waals surface area contributed by atoms with Gasteiger partial charge in [-0.25, -0.2) is 4.89 Å². The summed E-state index contributed by atoms with van der Waals surface area (Å²) in [7, 11) is 0. The lowest BCUT2D eigenvalue weighted by atomic mass is 10.1. The first-order valence-corrected chi connectivity index (χ1v) is 7.31. The monoisotopic (exact) mass is 298 g/mol. The van der Waals surface area contributed by atoms with Crippen LogP contribution in [0, 0.1) is 0 Å². The lowest BCUT2D eigenvalue weighted by Crippen LogP contribution is -2.23. The van der Waals surface area contributed by atoms with Gasteiger partial charge in [0, 0.05) is 17.8 Å². The van der Waals surface area contributed by atoms with Gasteiger partial charge in [-0.05, 0) is 32.5 Å². The third-order valence-corrected chi connectivity index (χ3v) is 2.78. The highest BCUT2D eigenvalue weighted by molar-refractivity contribution is 6.06. The number of carboxylic acids is 1. The van der Waals surface area contributed by atoms with E-state index >= 15 is 0 Å². The summed E-state index contributed by atoms with van der Waals surface area (Å²) >= 11 is 4.63. The van der Waals surface area contributed by atoms with Gasteiger partial charge in [0.15, 0.2) is 18.5 Å². The molecule has 5 nitrogen and oxygen atoms in total. The zero-order valence-electron chi connectivity index (χ0n) is 12.4. The quantitative estimate of drug-likeness (QED) is 0.276. The van der Waals surface area contributed by atoms with Crippen molar-refractivity contribution in [3.63, 3.8) is 0 Å². The van der Waals surface area contributed by atoms with Crippen LogP contribution in [0.4, 0.5) is 0 Å². The van der Waals surface area contributed by atoms with E-state index in [1.54, 1.807) is 0 Å². The van der Waals surface area contributed by atoms with Crippen LogP contribution in [-0.2, 0) is 9.23 Å². The Morgan fingerprint density at radius 3 is 2.11 bits per heavy atom. The van der Waals surface area contributed by atoms with Crippen LogP contribution in [0.1, 0.15) is 52.9 Å². The van der Waals surface area contributed by atoms with Crippen LogP contribution >= 0.6 is 11.9 Å². The first kappa shape index (κ1) is 20.9. The van der Waals surface area contributed by atoms with Crippen LogP contribution in [0.15, 0.2) is 0 Å². The average Bonchev–Trinajstić information content (AvgIpc) is 2.39. The van der Waals surface area contributed by atoms with Crippen LogP contribution in [0.25, 0.3) is 0 Å². The molecule has 0 saturated carbocycles. The van der Waals surface area contributed by atoms with E-state index in [4.69, 9.17) is 5.11 Å². The molecule has 0 aliphatic rings. The molecule has 0 saturated heterocycles. The zero-order valence-corrected chi connectivity index (χ0v) is 13.2. The molecule has 0 bridgehead atoms. The van der Waals surface area contributed by atoms with E-state index in [1.807, 2.05) is 6.92 Å². The average molecular weight is 299 g/mol. The SMILES string of the molecule is CCN(CC)CCCCCCC(=O)O.CC[OH+]OCl. The number of aliphatic hydroxyl groups is 1. The van der Waals surface area contributed by atoms with Crippen molar-refractivity contribution in [3.8, 4) is 0 Å². The molecule has 0 aromatic carbocycles. The summed E-state index contributed by atoms with van der Waals surface area (Å²) in [5.74, 6) is -0.672. The van der Waals surface area contributed by atoms with Gasteiger partial charge in [-0.15, -0.1) is 0 Å². The Balaban J connectivity index is 0. The molecule has 0 atom stereocenters. The first-order valence-electron chi connectivity index (χ1n) is 7.00. The molecule has 0 aromatic rings. The third kappa shape index (κ3) is 20.1. The smallest absolute Gasteiger partial charge is 0.303 e. The number of aliphatic carboxylic acids is 1. The second kappa shape index (κ2) is 17.6. The van der Waals surface area contributed by atoms with Gasteiger partial charge in [-0.2, -0.15) is 0 Å². The summed E-state index contributed by atoms with van der Waals surface area (Å²) in [6, 6.07) is 0. The van der Waals surface area contributed by atoms with Crippen molar-refractivity contribution in [3.05, 3.63) is 0 Å². The number of unbranched alkanes of at least 4 members (excludes halogenated alkanes) is 3. The number of hydrogen-bond acceptors (Lipinski definition) is 3. The van der Waals surface area contributed by atoms with Gasteiger partial charge in [-0.1, -0.05) is 26.7 Å². The minimum Gasteiger partial charge on any atom is -0.481 e. The van der Waals surface area contributed by atoms with Gasteiger partial charge >= 0.3 is 5.97 Å². The van der Waals surface area contributed by atoms with Gasteiger partial charge in [-0.3, -0.25) is 4.79 Å². The lowest BCUT2D eigenvalue weighted by Gasteiger charge is -2.17. The fraction of sp³-hybridized carbons (Fsp3) is 0.923. The number of carboxylic acid groups (broad SMARTS) is 1. The summed E-state index contributed by atoms with van der Waals surface area (Å²) in [5, 5.41) is 8.43. The van der Waals surface area contributed by atoms with Crippen LogP contribution in [0.5, 0.6) is 0 Å². The molecule has 0 unspecified atom stereocenters. The topological polar surface area (TPSA) is 62.6 Å². The molecule has 0 amide bonds. The molecule has 2 N–H and O–H groups in total. The fourth-order valence-electron chi connectivity index (χ4n) is 1.55. The Hall–Kier alpha value is -0.360. The van der Waals surface area contributed by atoms with Gasteiger partial charge in [0.05, 0.1) is 0 Å². The number of carbonyl (C=O) groups is 1. The molecule has 0 radical (unpaired) electrons. The van der Waals surface area contributed by atoms with E-state index in [-0.39, 0.29) is 0 Å². The van der Waals surface area contributed by atoms with Crippen molar-refractivity contribution >= 4 is 17.8 Å². The van der Waals surface area contributed by atoms with E-state index in [0.717, 1.165) is 38.9 Å². The first-order chi connectivity index (χ1) is 9.12. The molecule has 0 aromatic heterocycles. The van der Waals surface area contributed by atoms with Crippen molar-refractivity contribution in [1.29, 1.82) is 0 Å². The molecular formula is C13H29ClNO4+. The van der Waals surface area contributed by atoms with Gasteiger partial charge < -0.3 is 10.0 Å². The molecule has 19 heavy (non-hydrogen) atoms. The van der Waals surface area contributed by atoms with Crippen molar-refractivity contribution in [1.82, 2.24) is 4.90 Å². The van der Waals surface area contributed by atoms with Crippen molar-refractivity contribution in [2.75, 3.05) is 26.2 Å². The Labute approximate surface area is 121 Å². The van der Waals surface area contributed by atoms with Crippen LogP contribution in [0.2, 0.25) is 0 Å². The standard InChI is InChI=1S/C11H23NO2.C2H5ClO2/c1-3-12(4-2)10-8-6-5-7-9-11(13)14;1-2-4-5-3/h3-10H2,1-2H3,(H,13,14);2H2,1H3/p+1. The number of rotatable bonds is 11. The van der Waals surface area contributed by atoms with Gasteiger partial charge in [0.2, 0.25) is 0 Å². The van der Waals surface area contributed by atoms with Gasteiger partial charge in [0.25, 0.3) is 0 Å². The van der Waals surface area contributed by atoms with Crippen molar-refractivity contribution in [2.45, 2.75) is 52.9 Å². The second-order valence-corrected chi connectivity index (χ2v) is 4.24. The fourth-order valence-corrected chi connectivity index (χ4v) is 1.65. The minimum atomic E-state index is -0.672. The second-order valence-electron chi connectivity index (χ2n) is 4.10. The van der Waals surface area contributed by atoms with E-state index in [0.29, 0.717) is 13.0 Å². The highest BCUT2D eigenvalue weighted by atomic mass is 35.5. The Morgan fingerprint density at radius 1 is 1.16 bits per heavy atom. The molecule has 116 valence electrons. The molecule has 6 heteroatoms. The van der Waals surface area contributed by atoms with Crippen LogP contribution in [-0.4, -0.2) is 47.1 Å². The van der Waals surface area contributed by atoms with E-state index in [9.17, 15) is 4.79 Å². The maximum Gasteiger partial charge on any atom is 0.303 e. The Kier molecular flexibility index (Phi) is 19.4. The summed E-state index contributed by atoms with van der Waals surface area (Å²) < 4.78 is 3.79. The molecule has 0 fully saturated rings. The van der Waals surface area contributed by atoms with Crippen molar-refractivity contribution in [2.24, 2.45) is 0 Å². The molecule has 0 rings (SSSR count). The zero-order chi connectivity index (χ0) is 14.9. The molecule has 0 spiro atoms. The maximum absolute atomic E-state index is 10.2. The van der Waals surface area contributed by atoms with Crippen LogP contribution < -0.4 is 0 Å². The molecule has 0 heterocycles. The van der Waals surface area contributed by atoms with E-state index in [1.165, 1.54) is 6.42 Å².